The number of carbonyl (C=O) groups excluding carboxylic acids is 1. The van der Waals surface area contributed by atoms with E-state index in [4.69, 9.17) is 4.74 Å². The number of nitrogens with zero attached hydrogens (tertiary/aromatic N) is 1. The number of hydrogen-bond donors (Lipinski definition) is 2. The van der Waals surface area contributed by atoms with Crippen LogP contribution in [0, 0.1) is 11.7 Å². The SMILES string of the molecule is CN1CCCCC1CNC(=O)NC[C@@H]1CCO[C@H]1c1ccc(F)cc1. The minimum atomic E-state index is -0.247. The Balaban J connectivity index is 1.44. The molecular formula is C19H28FN3O2. The Kier molecular flexibility index (Phi) is 6.26. The second kappa shape index (κ2) is 8.63. The van der Waals surface area contributed by atoms with Crippen LogP contribution < -0.4 is 10.6 Å². The molecule has 0 aliphatic carbocycles. The first kappa shape index (κ1) is 18.1. The van der Waals surface area contributed by atoms with Crippen molar-refractivity contribution in [2.24, 2.45) is 5.92 Å². The maximum atomic E-state index is 13.1. The van der Waals surface area contributed by atoms with Gasteiger partial charge in [0.1, 0.15) is 5.82 Å². The van der Waals surface area contributed by atoms with Crippen LogP contribution in [-0.2, 0) is 4.74 Å². The molecule has 138 valence electrons. The number of nitrogens with one attached hydrogen (secondary N) is 2. The van der Waals surface area contributed by atoms with Crippen LogP contribution in [0.15, 0.2) is 24.3 Å². The third kappa shape index (κ3) is 4.92. The molecule has 6 heteroatoms. The van der Waals surface area contributed by atoms with Gasteiger partial charge in [0.2, 0.25) is 0 Å². The van der Waals surface area contributed by atoms with Gasteiger partial charge in [-0.15, -0.1) is 0 Å². The van der Waals surface area contributed by atoms with E-state index < -0.39 is 0 Å². The Morgan fingerprint density at radius 3 is 2.72 bits per heavy atom. The average molecular weight is 349 g/mol. The molecule has 2 amide bonds. The van der Waals surface area contributed by atoms with Gasteiger partial charge in [0.05, 0.1) is 6.10 Å². The largest absolute Gasteiger partial charge is 0.373 e. The quantitative estimate of drug-likeness (QED) is 0.859. The molecule has 0 saturated carbocycles. The molecule has 3 atom stereocenters. The monoisotopic (exact) mass is 349 g/mol. The number of amides is 2. The summed E-state index contributed by atoms with van der Waals surface area (Å²) in [6.45, 7) is 3.02. The number of likely N-dealkylation sites (tertiary alicyclic amines) is 1. The van der Waals surface area contributed by atoms with Crippen molar-refractivity contribution in [3.8, 4) is 0 Å². The zero-order valence-electron chi connectivity index (χ0n) is 14.8. The summed E-state index contributed by atoms with van der Waals surface area (Å²) in [5.74, 6) is -0.0305. The molecule has 2 fully saturated rings. The first-order chi connectivity index (χ1) is 12.1. The van der Waals surface area contributed by atoms with Gasteiger partial charge in [0.15, 0.2) is 0 Å². The smallest absolute Gasteiger partial charge is 0.314 e. The molecule has 0 spiro atoms. The highest BCUT2D eigenvalue weighted by Gasteiger charge is 2.30. The molecule has 2 N–H and O–H groups in total. The molecule has 0 bridgehead atoms. The van der Waals surface area contributed by atoms with Crippen LogP contribution in [0.4, 0.5) is 9.18 Å². The van der Waals surface area contributed by atoms with Crippen LogP contribution in [-0.4, -0.2) is 50.3 Å². The predicted octanol–water partition coefficient (Wildman–Crippen LogP) is 2.69. The van der Waals surface area contributed by atoms with E-state index in [1.165, 1.54) is 25.0 Å². The highest BCUT2D eigenvalue weighted by Crippen LogP contribution is 2.34. The third-order valence-electron chi connectivity index (χ3n) is 5.36. The van der Waals surface area contributed by atoms with Crippen LogP contribution in [0.3, 0.4) is 0 Å². The van der Waals surface area contributed by atoms with Gasteiger partial charge in [0.25, 0.3) is 0 Å². The van der Waals surface area contributed by atoms with Gasteiger partial charge in [-0.3, -0.25) is 0 Å². The molecule has 2 aliphatic rings. The lowest BCUT2D eigenvalue weighted by molar-refractivity contribution is 0.0909. The summed E-state index contributed by atoms with van der Waals surface area (Å²) in [6.07, 6.45) is 4.43. The number of likely N-dealkylation sites (N-methyl/N-ethyl adjacent to an activating group) is 1. The summed E-state index contributed by atoms with van der Waals surface area (Å²) >= 11 is 0. The zero-order valence-corrected chi connectivity index (χ0v) is 14.8. The Labute approximate surface area is 148 Å². The summed E-state index contributed by atoms with van der Waals surface area (Å²) in [5.41, 5.74) is 0.968. The Bertz CT molecular complexity index is 566. The first-order valence-corrected chi connectivity index (χ1v) is 9.22. The van der Waals surface area contributed by atoms with Crippen molar-refractivity contribution in [1.82, 2.24) is 15.5 Å². The standard InChI is InChI=1S/C19H28FN3O2/c1-23-10-3-2-4-17(23)13-22-19(24)21-12-15-9-11-25-18(15)14-5-7-16(20)8-6-14/h5-8,15,17-18H,2-4,9-13H2,1H3,(H2,21,22,24)/t15-,17?,18-/m0/s1. The molecule has 2 aliphatic heterocycles. The number of hydrogen-bond acceptors (Lipinski definition) is 3. The highest BCUT2D eigenvalue weighted by molar-refractivity contribution is 5.73. The van der Waals surface area contributed by atoms with E-state index in [1.807, 2.05) is 0 Å². The van der Waals surface area contributed by atoms with E-state index in [1.54, 1.807) is 12.1 Å². The van der Waals surface area contributed by atoms with Crippen molar-refractivity contribution in [2.45, 2.75) is 37.8 Å². The molecule has 25 heavy (non-hydrogen) atoms. The zero-order chi connectivity index (χ0) is 17.6. The first-order valence-electron chi connectivity index (χ1n) is 9.22. The molecular weight excluding hydrogens is 321 g/mol. The fourth-order valence-electron chi connectivity index (χ4n) is 3.76. The molecule has 2 heterocycles. The van der Waals surface area contributed by atoms with Crippen molar-refractivity contribution < 1.29 is 13.9 Å². The number of ether oxygens (including phenoxy) is 1. The lowest BCUT2D eigenvalue weighted by Gasteiger charge is -2.32. The van der Waals surface area contributed by atoms with Crippen molar-refractivity contribution in [1.29, 1.82) is 0 Å². The Morgan fingerprint density at radius 1 is 1.20 bits per heavy atom. The fraction of sp³-hybridized carbons (Fsp3) is 0.632. The van der Waals surface area contributed by atoms with Gasteiger partial charge < -0.3 is 20.3 Å². The maximum absolute atomic E-state index is 13.1. The molecule has 0 aromatic heterocycles. The number of benzene rings is 1. The van der Waals surface area contributed by atoms with Crippen molar-refractivity contribution in [3.63, 3.8) is 0 Å². The van der Waals surface area contributed by atoms with Crippen LogP contribution in [0.25, 0.3) is 0 Å². The van der Waals surface area contributed by atoms with E-state index in [0.717, 1.165) is 24.9 Å². The van der Waals surface area contributed by atoms with Gasteiger partial charge in [0, 0.05) is 31.7 Å². The van der Waals surface area contributed by atoms with E-state index in [2.05, 4.69) is 22.6 Å². The summed E-state index contributed by atoms with van der Waals surface area (Å²) in [6, 6.07) is 6.74. The van der Waals surface area contributed by atoms with Crippen molar-refractivity contribution in [2.75, 3.05) is 33.3 Å². The minimum absolute atomic E-state index is 0.0784. The molecule has 3 rings (SSSR count). The molecule has 1 aromatic carbocycles. The van der Waals surface area contributed by atoms with Crippen LogP contribution in [0.1, 0.15) is 37.4 Å². The van der Waals surface area contributed by atoms with E-state index >= 15 is 0 Å². The van der Waals surface area contributed by atoms with Crippen LogP contribution in [0.2, 0.25) is 0 Å². The molecule has 2 saturated heterocycles. The fourth-order valence-corrected chi connectivity index (χ4v) is 3.76. The summed E-state index contributed by atoms with van der Waals surface area (Å²) < 4.78 is 18.9. The summed E-state index contributed by atoms with van der Waals surface area (Å²) in [7, 11) is 2.12. The van der Waals surface area contributed by atoms with E-state index in [-0.39, 0.29) is 23.9 Å². The van der Waals surface area contributed by atoms with E-state index in [0.29, 0.717) is 25.7 Å². The molecule has 1 aromatic rings. The Hall–Kier alpha value is -1.66. The molecule has 5 nitrogen and oxygen atoms in total. The van der Waals surface area contributed by atoms with Gasteiger partial charge in [-0.05, 0) is 50.6 Å². The van der Waals surface area contributed by atoms with Gasteiger partial charge in [-0.25, -0.2) is 9.18 Å². The normalized spacial score (nSPS) is 27.2. The third-order valence-corrected chi connectivity index (χ3v) is 5.36. The summed E-state index contributed by atoms with van der Waals surface area (Å²) in [5, 5.41) is 5.95. The molecule has 0 radical (unpaired) electrons. The minimum Gasteiger partial charge on any atom is -0.373 e. The van der Waals surface area contributed by atoms with Crippen molar-refractivity contribution in [3.05, 3.63) is 35.6 Å². The van der Waals surface area contributed by atoms with Gasteiger partial charge >= 0.3 is 6.03 Å². The van der Waals surface area contributed by atoms with Gasteiger partial charge in [-0.2, -0.15) is 0 Å². The number of carbonyl (C=O) groups is 1. The maximum Gasteiger partial charge on any atom is 0.314 e. The molecule has 1 unspecified atom stereocenters. The average Bonchev–Trinajstić information content (AvgIpc) is 3.08. The number of urea groups is 1. The lowest BCUT2D eigenvalue weighted by Crippen LogP contribution is -2.47. The lowest BCUT2D eigenvalue weighted by atomic mass is 9.95. The van der Waals surface area contributed by atoms with Gasteiger partial charge in [-0.1, -0.05) is 18.6 Å². The Morgan fingerprint density at radius 2 is 1.96 bits per heavy atom. The highest BCUT2D eigenvalue weighted by atomic mass is 19.1. The summed E-state index contributed by atoms with van der Waals surface area (Å²) in [4.78, 5) is 14.4. The number of halogens is 1. The van der Waals surface area contributed by atoms with E-state index in [9.17, 15) is 9.18 Å². The number of piperidine rings is 1. The second-order valence-electron chi connectivity index (χ2n) is 7.11. The van der Waals surface area contributed by atoms with Crippen LogP contribution >= 0.6 is 0 Å². The predicted molar refractivity (Wildman–Crippen MR) is 94.9 cm³/mol. The topological polar surface area (TPSA) is 53.6 Å². The second-order valence-corrected chi connectivity index (χ2v) is 7.11. The van der Waals surface area contributed by atoms with Crippen molar-refractivity contribution >= 4 is 6.03 Å². The van der Waals surface area contributed by atoms with Crippen LogP contribution in [0.5, 0.6) is 0 Å². The number of rotatable bonds is 5.